The van der Waals surface area contributed by atoms with E-state index >= 15 is 0 Å². The summed E-state index contributed by atoms with van der Waals surface area (Å²) in [5.41, 5.74) is 0.546. The van der Waals surface area contributed by atoms with Crippen LogP contribution in [0.2, 0.25) is 0 Å². The highest BCUT2D eigenvalue weighted by atomic mass is 16.5. The lowest BCUT2D eigenvalue weighted by molar-refractivity contribution is -0.178. The van der Waals surface area contributed by atoms with Crippen molar-refractivity contribution in [3.05, 3.63) is 59.8 Å². The van der Waals surface area contributed by atoms with Crippen LogP contribution in [0.5, 0.6) is 0 Å². The molecule has 0 radical (unpaired) electrons. The Morgan fingerprint density at radius 2 is 1.75 bits per heavy atom. The van der Waals surface area contributed by atoms with E-state index in [1.807, 2.05) is 36.1 Å². The minimum Gasteiger partial charge on any atom is -0.468 e. The minimum absolute atomic E-state index is 0.0124. The van der Waals surface area contributed by atoms with Gasteiger partial charge in [0.2, 0.25) is 11.8 Å². The number of methoxy groups -OCH3 is 1. The van der Waals surface area contributed by atoms with Crippen molar-refractivity contribution in [2.75, 3.05) is 20.2 Å². The lowest BCUT2D eigenvalue weighted by Gasteiger charge is -2.52. The zero-order valence-corrected chi connectivity index (χ0v) is 23.6. The predicted molar refractivity (Wildman–Crippen MR) is 152 cm³/mol. The average molecular weight is 545 g/mol. The highest BCUT2D eigenvalue weighted by Gasteiger charge is 2.60. The largest absolute Gasteiger partial charge is 0.468 e. The van der Waals surface area contributed by atoms with Crippen LogP contribution in [-0.2, 0) is 30.4 Å². The Labute approximate surface area is 236 Å². The smallest absolute Gasteiger partial charge is 0.320 e. The van der Waals surface area contributed by atoms with Gasteiger partial charge in [-0.05, 0) is 67.4 Å². The molecule has 7 heteroatoms. The van der Waals surface area contributed by atoms with Crippen molar-refractivity contribution in [1.82, 2.24) is 9.80 Å². The third-order valence-corrected chi connectivity index (χ3v) is 9.81. The van der Waals surface area contributed by atoms with Crippen molar-refractivity contribution < 1.29 is 23.9 Å². The van der Waals surface area contributed by atoms with Gasteiger partial charge in [-0.1, -0.05) is 55.3 Å². The number of carbonyl (C=O) groups is 3. The van der Waals surface area contributed by atoms with Crippen molar-refractivity contribution in [3.63, 3.8) is 0 Å². The molecule has 2 saturated heterocycles. The van der Waals surface area contributed by atoms with Crippen molar-refractivity contribution in [1.29, 1.82) is 0 Å². The fourth-order valence-corrected chi connectivity index (χ4v) is 7.62. The molecule has 3 heterocycles. The third-order valence-electron chi connectivity index (χ3n) is 9.81. The van der Waals surface area contributed by atoms with E-state index in [4.69, 9.17) is 9.47 Å². The van der Waals surface area contributed by atoms with Crippen LogP contribution in [0.1, 0.15) is 63.9 Å². The van der Waals surface area contributed by atoms with Gasteiger partial charge in [0, 0.05) is 31.1 Å². The summed E-state index contributed by atoms with van der Waals surface area (Å²) in [6, 6.07) is 14.3. The fraction of sp³-hybridized carbons (Fsp3) is 0.545. The molecule has 2 amide bonds. The molecule has 0 spiro atoms. The number of amides is 2. The maximum Gasteiger partial charge on any atom is 0.320 e. The van der Waals surface area contributed by atoms with E-state index in [0.29, 0.717) is 18.2 Å². The number of fused-ring (bicyclic) bond motifs is 2. The molecular weight excluding hydrogens is 504 g/mol. The van der Waals surface area contributed by atoms with Crippen LogP contribution >= 0.6 is 0 Å². The van der Waals surface area contributed by atoms with Gasteiger partial charge in [0.05, 0.1) is 25.9 Å². The van der Waals surface area contributed by atoms with Crippen LogP contribution in [0, 0.1) is 17.3 Å². The van der Waals surface area contributed by atoms with Gasteiger partial charge < -0.3 is 19.3 Å². The van der Waals surface area contributed by atoms with Crippen LogP contribution in [0.3, 0.4) is 0 Å². The Hall–Kier alpha value is -3.19. The number of nitrogens with zero attached hydrogens (tertiary/aromatic N) is 2. The van der Waals surface area contributed by atoms with Crippen LogP contribution < -0.4 is 0 Å². The molecule has 7 nitrogen and oxygen atoms in total. The first-order valence-corrected chi connectivity index (χ1v) is 14.9. The van der Waals surface area contributed by atoms with Gasteiger partial charge in [-0.25, -0.2) is 0 Å². The van der Waals surface area contributed by atoms with Gasteiger partial charge in [0.25, 0.3) is 0 Å². The molecule has 0 aromatic heterocycles. The van der Waals surface area contributed by atoms with Gasteiger partial charge in [0.15, 0.2) is 0 Å². The number of rotatable bonds is 6. The van der Waals surface area contributed by atoms with Crippen LogP contribution in [0.15, 0.2) is 54.2 Å². The van der Waals surface area contributed by atoms with Gasteiger partial charge in [-0.3, -0.25) is 14.4 Å². The average Bonchev–Trinajstić information content (AvgIpc) is 3.70. The normalized spacial score (nSPS) is 29.0. The summed E-state index contributed by atoms with van der Waals surface area (Å²) in [4.78, 5) is 45.1. The number of likely N-dealkylation sites (tertiary alicyclic amines) is 2. The molecule has 0 N–H and O–H groups in total. The molecule has 2 aromatic carbocycles. The first kappa shape index (κ1) is 27.0. The predicted octanol–water partition coefficient (Wildman–Crippen LogP) is 5.22. The van der Waals surface area contributed by atoms with E-state index in [9.17, 15) is 14.4 Å². The summed E-state index contributed by atoms with van der Waals surface area (Å²) in [6.07, 6.45) is 8.20. The van der Waals surface area contributed by atoms with E-state index in [2.05, 4.69) is 24.3 Å². The molecule has 1 saturated carbocycles. The van der Waals surface area contributed by atoms with Gasteiger partial charge in [-0.2, -0.15) is 0 Å². The number of hydrogen-bond acceptors (Lipinski definition) is 5. The van der Waals surface area contributed by atoms with Crippen LogP contribution in [0.25, 0.3) is 10.8 Å². The molecule has 6 rings (SSSR count). The van der Waals surface area contributed by atoms with Gasteiger partial charge in [0.1, 0.15) is 5.41 Å². The van der Waals surface area contributed by atoms with Crippen molar-refractivity contribution in [2.45, 2.75) is 77.0 Å². The molecule has 0 unspecified atom stereocenters. The minimum atomic E-state index is -1.15. The molecule has 2 aromatic rings. The lowest BCUT2D eigenvalue weighted by atomic mass is 9.66. The topological polar surface area (TPSA) is 76.2 Å². The van der Waals surface area contributed by atoms with E-state index in [1.165, 1.54) is 20.0 Å². The Kier molecular flexibility index (Phi) is 7.43. The maximum absolute atomic E-state index is 14.4. The summed E-state index contributed by atoms with van der Waals surface area (Å²) in [5.74, 6) is -0.764. The Balaban J connectivity index is 1.45. The van der Waals surface area contributed by atoms with Crippen molar-refractivity contribution in [3.8, 4) is 0 Å². The number of hydrogen-bond donors (Lipinski definition) is 0. The van der Waals surface area contributed by atoms with Gasteiger partial charge in [-0.15, -0.1) is 0 Å². The van der Waals surface area contributed by atoms with Crippen LogP contribution in [0.4, 0.5) is 0 Å². The second-order valence-electron chi connectivity index (χ2n) is 12.1. The summed E-state index contributed by atoms with van der Waals surface area (Å²) < 4.78 is 12.1. The second kappa shape index (κ2) is 11.0. The monoisotopic (exact) mass is 544 g/mol. The summed E-state index contributed by atoms with van der Waals surface area (Å²) in [7, 11) is 1.40. The van der Waals surface area contributed by atoms with E-state index < -0.39 is 23.4 Å². The standard InChI is InChI=1S/C33H40N2O5/c1-22-33(32(38)39-2)20-26(18-30(36)34-16-7-8-17-34)31(37)35(29(33)19-28(40-22)24-11-3-4-12-24)21-25-14-9-13-23-10-5-6-15-27(23)25/h5-6,9-10,13-15,19,22,24,26,28H,3-4,7-8,11-12,16-18,20-21H2,1-2H3/t22-,26-,28-,33+/m0/s1. The second-order valence-corrected chi connectivity index (χ2v) is 12.1. The molecular formula is C33H40N2O5. The number of carbonyl (C=O) groups excluding carboxylic acids is 3. The fourth-order valence-electron chi connectivity index (χ4n) is 7.62. The quantitative estimate of drug-likeness (QED) is 0.466. The first-order chi connectivity index (χ1) is 19.4. The number of esters is 1. The number of piperidine rings is 1. The molecule has 3 aliphatic heterocycles. The lowest BCUT2D eigenvalue weighted by Crippen LogP contribution is -2.60. The first-order valence-electron chi connectivity index (χ1n) is 14.9. The highest BCUT2D eigenvalue weighted by molar-refractivity contribution is 5.93. The molecule has 3 fully saturated rings. The maximum atomic E-state index is 14.4. The number of benzene rings is 2. The van der Waals surface area contributed by atoms with Crippen LogP contribution in [-0.4, -0.2) is 60.0 Å². The Morgan fingerprint density at radius 1 is 1.02 bits per heavy atom. The Bertz CT molecular complexity index is 1320. The van der Waals surface area contributed by atoms with E-state index in [-0.39, 0.29) is 30.8 Å². The zero-order chi connectivity index (χ0) is 27.9. The molecule has 0 bridgehead atoms. The molecule has 4 aliphatic rings. The third kappa shape index (κ3) is 4.62. The highest BCUT2D eigenvalue weighted by Crippen LogP contribution is 2.52. The van der Waals surface area contributed by atoms with E-state index in [0.717, 1.165) is 55.1 Å². The Morgan fingerprint density at radius 3 is 2.50 bits per heavy atom. The van der Waals surface area contributed by atoms with Crippen molar-refractivity contribution in [2.24, 2.45) is 17.3 Å². The SMILES string of the molecule is COC(=O)[C@@]12C[C@H](CC(=O)N3CCCC3)C(=O)N(Cc3cccc4ccccc34)C1=C[C@@H](C1CCCC1)O[C@H]2C. The summed E-state index contributed by atoms with van der Waals surface area (Å²) in [5, 5.41) is 2.17. The zero-order valence-electron chi connectivity index (χ0n) is 23.6. The molecule has 4 atom stereocenters. The summed E-state index contributed by atoms with van der Waals surface area (Å²) in [6.45, 7) is 3.73. The molecule has 212 valence electrons. The van der Waals surface area contributed by atoms with E-state index in [1.54, 1.807) is 4.90 Å². The molecule has 1 aliphatic carbocycles. The van der Waals surface area contributed by atoms with Crippen molar-refractivity contribution >= 4 is 28.6 Å². The van der Waals surface area contributed by atoms with Gasteiger partial charge >= 0.3 is 5.97 Å². The number of ether oxygens (including phenoxy) is 2. The molecule has 40 heavy (non-hydrogen) atoms. The summed E-state index contributed by atoms with van der Waals surface area (Å²) >= 11 is 0.